The summed E-state index contributed by atoms with van der Waals surface area (Å²) in [4.78, 5) is 12.0. The summed E-state index contributed by atoms with van der Waals surface area (Å²) in [5, 5.41) is 2.76. The van der Waals surface area contributed by atoms with E-state index in [0.29, 0.717) is 35.0 Å². The van der Waals surface area contributed by atoms with Crippen LogP contribution >= 0.6 is 11.8 Å². The molecule has 0 aliphatic carbocycles. The number of amides is 1. The average molecular weight is 357 g/mol. The summed E-state index contributed by atoms with van der Waals surface area (Å²) >= 11 is 1.43. The van der Waals surface area contributed by atoms with Crippen molar-refractivity contribution in [3.63, 3.8) is 0 Å². The molecule has 1 saturated heterocycles. The molecule has 1 aliphatic rings. The number of carbonyl (C=O) groups is 1. The molecule has 1 aromatic carbocycles. The molecule has 0 radical (unpaired) electrons. The molecule has 128 valence electrons. The number of hydrogen-bond donors (Lipinski definition) is 1. The van der Waals surface area contributed by atoms with Gasteiger partial charge in [-0.1, -0.05) is 18.9 Å². The Kier molecular flexibility index (Phi) is 6.50. The first-order chi connectivity index (χ1) is 10.9. The van der Waals surface area contributed by atoms with Gasteiger partial charge in [0.1, 0.15) is 0 Å². The van der Waals surface area contributed by atoms with E-state index in [9.17, 15) is 13.2 Å². The Hall–Kier alpha value is -1.05. The standard InChI is InChI=1S/C16H24N2O3S2/c1-13-7-8-14(17-16(19)12-22-2)11-15(13)23(20,21)18-9-5-3-4-6-10-18/h7-8,11H,3-6,9-10,12H2,1-2H3,(H,17,19). The minimum absolute atomic E-state index is 0.125. The highest BCUT2D eigenvalue weighted by atomic mass is 32.2. The van der Waals surface area contributed by atoms with Crippen molar-refractivity contribution in [2.45, 2.75) is 37.5 Å². The van der Waals surface area contributed by atoms with Crippen LogP contribution in [0.1, 0.15) is 31.2 Å². The highest BCUT2D eigenvalue weighted by Gasteiger charge is 2.27. The molecule has 0 aromatic heterocycles. The molecule has 1 aliphatic heterocycles. The summed E-state index contributed by atoms with van der Waals surface area (Å²) < 4.78 is 27.4. The summed E-state index contributed by atoms with van der Waals surface area (Å²) in [7, 11) is -3.51. The van der Waals surface area contributed by atoms with Crippen molar-refractivity contribution in [1.29, 1.82) is 0 Å². The quantitative estimate of drug-likeness (QED) is 0.881. The number of nitrogens with zero attached hydrogens (tertiary/aromatic N) is 1. The van der Waals surface area contributed by atoms with E-state index in [-0.39, 0.29) is 5.91 Å². The number of rotatable bonds is 5. The largest absolute Gasteiger partial charge is 0.325 e. The Labute approximate surface area is 142 Å². The van der Waals surface area contributed by atoms with Crippen LogP contribution in [0.25, 0.3) is 0 Å². The first kappa shape index (κ1) is 18.3. The number of sulfonamides is 1. The van der Waals surface area contributed by atoms with Gasteiger partial charge in [-0.2, -0.15) is 16.1 Å². The van der Waals surface area contributed by atoms with Gasteiger partial charge in [0, 0.05) is 18.8 Å². The van der Waals surface area contributed by atoms with E-state index in [2.05, 4.69) is 5.32 Å². The third-order valence-corrected chi connectivity index (χ3v) is 6.52. The van der Waals surface area contributed by atoms with E-state index in [1.165, 1.54) is 11.8 Å². The Balaban J connectivity index is 2.27. The lowest BCUT2D eigenvalue weighted by Crippen LogP contribution is -2.32. The molecule has 1 fully saturated rings. The summed E-state index contributed by atoms with van der Waals surface area (Å²) in [5.41, 5.74) is 1.24. The van der Waals surface area contributed by atoms with E-state index in [1.807, 2.05) is 6.26 Å². The molecule has 1 N–H and O–H groups in total. The van der Waals surface area contributed by atoms with Crippen molar-refractivity contribution in [3.05, 3.63) is 23.8 Å². The van der Waals surface area contributed by atoms with E-state index >= 15 is 0 Å². The second-order valence-electron chi connectivity index (χ2n) is 5.78. The zero-order valence-corrected chi connectivity index (χ0v) is 15.3. The summed E-state index contributed by atoms with van der Waals surface area (Å²) in [6.45, 7) is 2.94. The zero-order valence-electron chi connectivity index (χ0n) is 13.7. The van der Waals surface area contributed by atoms with Crippen LogP contribution in [0.4, 0.5) is 5.69 Å². The molecule has 7 heteroatoms. The maximum absolute atomic E-state index is 12.9. The van der Waals surface area contributed by atoms with E-state index in [1.54, 1.807) is 29.4 Å². The molecule has 23 heavy (non-hydrogen) atoms. The third kappa shape index (κ3) is 4.71. The summed E-state index contributed by atoms with van der Waals surface area (Å²) in [6, 6.07) is 5.07. The SMILES string of the molecule is CSCC(=O)Nc1ccc(C)c(S(=O)(=O)N2CCCCCC2)c1. The minimum atomic E-state index is -3.51. The van der Waals surface area contributed by atoms with Crippen LogP contribution in [-0.4, -0.2) is 43.7 Å². The molecule has 0 atom stereocenters. The number of aryl methyl sites for hydroxylation is 1. The predicted octanol–water partition coefficient (Wildman–Crippen LogP) is 2.86. The van der Waals surface area contributed by atoms with Gasteiger partial charge < -0.3 is 5.32 Å². The van der Waals surface area contributed by atoms with Gasteiger partial charge >= 0.3 is 0 Å². The minimum Gasteiger partial charge on any atom is -0.325 e. The van der Waals surface area contributed by atoms with Crippen LogP contribution < -0.4 is 5.32 Å². The molecule has 1 amide bonds. The molecular weight excluding hydrogens is 332 g/mol. The Morgan fingerprint density at radius 2 is 1.87 bits per heavy atom. The molecule has 1 heterocycles. The number of anilines is 1. The van der Waals surface area contributed by atoms with Gasteiger partial charge in [0.25, 0.3) is 0 Å². The van der Waals surface area contributed by atoms with Crippen LogP contribution in [0, 0.1) is 6.92 Å². The van der Waals surface area contributed by atoms with E-state index in [0.717, 1.165) is 25.7 Å². The Bertz CT molecular complexity index is 651. The van der Waals surface area contributed by atoms with Crippen molar-refractivity contribution < 1.29 is 13.2 Å². The molecule has 0 spiro atoms. The lowest BCUT2D eigenvalue weighted by molar-refractivity contribution is -0.113. The fourth-order valence-corrected chi connectivity index (χ4v) is 4.81. The normalized spacial score (nSPS) is 16.8. The van der Waals surface area contributed by atoms with Crippen LogP contribution in [0.3, 0.4) is 0 Å². The van der Waals surface area contributed by atoms with Gasteiger partial charge in [0.05, 0.1) is 10.6 Å². The maximum atomic E-state index is 12.9. The topological polar surface area (TPSA) is 66.5 Å². The van der Waals surface area contributed by atoms with Crippen molar-refractivity contribution >= 4 is 33.4 Å². The molecule has 5 nitrogen and oxygen atoms in total. The third-order valence-electron chi connectivity index (χ3n) is 3.93. The fraction of sp³-hybridized carbons (Fsp3) is 0.562. The second kappa shape index (κ2) is 8.17. The lowest BCUT2D eigenvalue weighted by atomic mass is 10.2. The Morgan fingerprint density at radius 1 is 1.22 bits per heavy atom. The highest BCUT2D eigenvalue weighted by molar-refractivity contribution is 7.99. The van der Waals surface area contributed by atoms with Crippen molar-refractivity contribution in [3.8, 4) is 0 Å². The van der Waals surface area contributed by atoms with Crippen molar-refractivity contribution in [2.24, 2.45) is 0 Å². The van der Waals surface area contributed by atoms with Gasteiger partial charge in [-0.05, 0) is 43.7 Å². The van der Waals surface area contributed by atoms with Crippen LogP contribution in [0.5, 0.6) is 0 Å². The Morgan fingerprint density at radius 3 is 2.48 bits per heavy atom. The number of thioether (sulfide) groups is 1. The maximum Gasteiger partial charge on any atom is 0.243 e. The first-order valence-corrected chi connectivity index (χ1v) is 10.7. The van der Waals surface area contributed by atoms with Crippen molar-refractivity contribution in [1.82, 2.24) is 4.31 Å². The summed E-state index contributed by atoms with van der Waals surface area (Å²) in [5.74, 6) is 0.224. The highest BCUT2D eigenvalue weighted by Crippen LogP contribution is 2.25. The fourth-order valence-electron chi connectivity index (χ4n) is 2.71. The molecule has 0 saturated carbocycles. The molecular formula is C16H24N2O3S2. The van der Waals surface area contributed by atoms with Gasteiger partial charge in [0.2, 0.25) is 15.9 Å². The van der Waals surface area contributed by atoms with Crippen LogP contribution in [0.15, 0.2) is 23.1 Å². The molecule has 0 bridgehead atoms. The van der Waals surface area contributed by atoms with Crippen molar-refractivity contribution in [2.75, 3.05) is 30.4 Å². The van der Waals surface area contributed by atoms with Crippen LogP contribution in [-0.2, 0) is 14.8 Å². The van der Waals surface area contributed by atoms with Gasteiger partial charge in [-0.15, -0.1) is 0 Å². The van der Waals surface area contributed by atoms with Gasteiger partial charge in [-0.3, -0.25) is 4.79 Å². The molecule has 2 rings (SSSR count). The number of benzene rings is 1. The number of nitrogens with one attached hydrogen (secondary N) is 1. The first-order valence-electron chi connectivity index (χ1n) is 7.85. The zero-order chi connectivity index (χ0) is 16.9. The molecule has 1 aromatic rings. The predicted molar refractivity (Wildman–Crippen MR) is 95.4 cm³/mol. The molecule has 0 unspecified atom stereocenters. The smallest absolute Gasteiger partial charge is 0.243 e. The van der Waals surface area contributed by atoms with E-state index < -0.39 is 10.0 Å². The average Bonchev–Trinajstić information content (AvgIpc) is 2.79. The second-order valence-corrected chi connectivity index (χ2v) is 8.55. The number of hydrogen-bond acceptors (Lipinski definition) is 4. The lowest BCUT2D eigenvalue weighted by Gasteiger charge is -2.21. The van der Waals surface area contributed by atoms with Gasteiger partial charge in [0.15, 0.2) is 0 Å². The van der Waals surface area contributed by atoms with Crippen LogP contribution in [0.2, 0.25) is 0 Å². The number of carbonyl (C=O) groups excluding carboxylic acids is 1. The summed E-state index contributed by atoms with van der Waals surface area (Å²) in [6.07, 6.45) is 5.82. The van der Waals surface area contributed by atoms with E-state index in [4.69, 9.17) is 0 Å². The van der Waals surface area contributed by atoms with Gasteiger partial charge in [-0.25, -0.2) is 8.42 Å². The monoisotopic (exact) mass is 356 g/mol.